The van der Waals surface area contributed by atoms with Crippen molar-refractivity contribution < 1.29 is 19.1 Å². The molecule has 1 heterocycles. The van der Waals surface area contributed by atoms with Crippen molar-refractivity contribution in [3.8, 4) is 0 Å². The lowest BCUT2D eigenvalue weighted by Gasteiger charge is -2.57. The van der Waals surface area contributed by atoms with Gasteiger partial charge in [-0.2, -0.15) is 0 Å². The van der Waals surface area contributed by atoms with Gasteiger partial charge in [-0.05, 0) is 54.3 Å². The van der Waals surface area contributed by atoms with E-state index in [0.29, 0.717) is 11.3 Å². The summed E-state index contributed by atoms with van der Waals surface area (Å²) in [5.41, 5.74) is 3.90. The van der Waals surface area contributed by atoms with Crippen LogP contribution in [0.3, 0.4) is 0 Å². The van der Waals surface area contributed by atoms with Gasteiger partial charge in [-0.1, -0.05) is 68.4 Å². The van der Waals surface area contributed by atoms with Crippen LogP contribution in [0.15, 0.2) is 72.8 Å². The molecule has 5 nitrogen and oxygen atoms in total. The van der Waals surface area contributed by atoms with E-state index in [9.17, 15) is 14.4 Å². The summed E-state index contributed by atoms with van der Waals surface area (Å²) < 4.78 is 5.34. The number of rotatable bonds is 3. The second-order valence-corrected chi connectivity index (χ2v) is 10.5. The van der Waals surface area contributed by atoms with Gasteiger partial charge in [0.15, 0.2) is 0 Å². The number of ether oxygens (including phenoxy) is 1. The number of hydrogen-bond donors (Lipinski definition) is 0. The standard InChI is InChI=1S/C30H27NO4/c1-17(2)35-28(34)18-10-9-11-19(16-18)31-26(32)24-25(27(31)33)30(4)22-14-7-5-12-20(22)29(24,3)21-13-6-8-15-23(21)30/h5-17,24-25H,1-4H3/t24-,25+,29?,30?. The van der Waals surface area contributed by atoms with Crippen molar-refractivity contribution in [1.82, 2.24) is 0 Å². The quantitative estimate of drug-likeness (QED) is 0.404. The Morgan fingerprint density at radius 2 is 1.23 bits per heavy atom. The molecule has 176 valence electrons. The third-order valence-corrected chi connectivity index (χ3v) is 8.33. The van der Waals surface area contributed by atoms with E-state index >= 15 is 0 Å². The molecule has 2 bridgehead atoms. The van der Waals surface area contributed by atoms with Crippen molar-refractivity contribution in [2.45, 2.75) is 44.6 Å². The van der Waals surface area contributed by atoms with Gasteiger partial charge in [-0.3, -0.25) is 9.59 Å². The van der Waals surface area contributed by atoms with Crippen LogP contribution in [0.5, 0.6) is 0 Å². The molecule has 5 heteroatoms. The second kappa shape index (κ2) is 7.14. The Morgan fingerprint density at radius 1 is 0.771 bits per heavy atom. The SMILES string of the molecule is CC(C)OC(=O)c1cccc(N2C(=O)[C@@H]3[C@H](C2=O)C2(C)c4ccccc4C3(C)c3ccccc32)c1. The Hall–Kier alpha value is -3.73. The number of hydrogen-bond acceptors (Lipinski definition) is 4. The smallest absolute Gasteiger partial charge is 0.338 e. The van der Waals surface area contributed by atoms with Gasteiger partial charge in [0.05, 0.1) is 29.2 Å². The van der Waals surface area contributed by atoms with Crippen molar-refractivity contribution in [2.75, 3.05) is 4.90 Å². The molecule has 0 N–H and O–H groups in total. The van der Waals surface area contributed by atoms with E-state index in [1.165, 1.54) is 4.90 Å². The summed E-state index contributed by atoms with van der Waals surface area (Å²) in [6.45, 7) is 7.78. The molecule has 2 atom stereocenters. The molecule has 0 unspecified atom stereocenters. The Kier molecular flexibility index (Phi) is 4.44. The van der Waals surface area contributed by atoms with Gasteiger partial charge in [0.1, 0.15) is 0 Å². The van der Waals surface area contributed by atoms with Gasteiger partial charge in [0.25, 0.3) is 0 Å². The predicted octanol–water partition coefficient (Wildman–Crippen LogP) is 5.00. The molecule has 1 saturated heterocycles. The van der Waals surface area contributed by atoms with E-state index in [1.807, 2.05) is 24.3 Å². The Labute approximate surface area is 204 Å². The predicted molar refractivity (Wildman–Crippen MR) is 132 cm³/mol. The number of esters is 1. The zero-order chi connectivity index (χ0) is 24.7. The van der Waals surface area contributed by atoms with Crippen LogP contribution in [0.1, 0.15) is 60.3 Å². The summed E-state index contributed by atoms with van der Waals surface area (Å²) in [4.78, 5) is 42.2. The third-order valence-electron chi connectivity index (χ3n) is 8.33. The molecule has 3 aliphatic carbocycles. The van der Waals surface area contributed by atoms with E-state index < -0.39 is 28.6 Å². The molecule has 0 radical (unpaired) electrons. The van der Waals surface area contributed by atoms with Gasteiger partial charge in [-0.25, -0.2) is 9.69 Å². The zero-order valence-corrected chi connectivity index (χ0v) is 20.2. The fourth-order valence-corrected chi connectivity index (χ4v) is 6.88. The molecule has 35 heavy (non-hydrogen) atoms. The average molecular weight is 466 g/mol. The Bertz CT molecular complexity index is 1300. The highest BCUT2D eigenvalue weighted by Gasteiger charge is 2.70. The van der Waals surface area contributed by atoms with Crippen LogP contribution in [0, 0.1) is 11.8 Å². The van der Waals surface area contributed by atoms with E-state index in [4.69, 9.17) is 4.74 Å². The van der Waals surface area contributed by atoms with Crippen LogP contribution in [-0.2, 0) is 25.2 Å². The van der Waals surface area contributed by atoms with Crippen LogP contribution in [0.25, 0.3) is 0 Å². The monoisotopic (exact) mass is 465 g/mol. The fourth-order valence-electron chi connectivity index (χ4n) is 6.88. The molecule has 0 spiro atoms. The molecule has 2 amide bonds. The molecule has 0 saturated carbocycles. The minimum Gasteiger partial charge on any atom is -0.459 e. The third kappa shape index (κ3) is 2.61. The summed E-state index contributed by atoms with van der Waals surface area (Å²) >= 11 is 0. The lowest BCUT2D eigenvalue weighted by Crippen LogP contribution is -2.59. The molecule has 3 aromatic carbocycles. The zero-order valence-electron chi connectivity index (χ0n) is 20.2. The molecular formula is C30H27NO4. The minimum absolute atomic E-state index is 0.216. The summed E-state index contributed by atoms with van der Waals surface area (Å²) in [6, 6.07) is 23.1. The van der Waals surface area contributed by atoms with E-state index in [0.717, 1.165) is 22.3 Å². The number of imide groups is 1. The lowest BCUT2D eigenvalue weighted by atomic mass is 9.42. The summed E-state index contributed by atoms with van der Waals surface area (Å²) in [5.74, 6) is -1.97. The van der Waals surface area contributed by atoms with Gasteiger partial charge in [0.2, 0.25) is 11.8 Å². The Balaban J connectivity index is 1.53. The number of carbonyl (C=O) groups is 3. The first-order valence-corrected chi connectivity index (χ1v) is 12.1. The largest absolute Gasteiger partial charge is 0.459 e. The maximum atomic E-state index is 14.2. The number of carbonyl (C=O) groups excluding carboxylic acids is 3. The van der Waals surface area contributed by atoms with Gasteiger partial charge in [-0.15, -0.1) is 0 Å². The normalized spacial score (nSPS) is 28.1. The summed E-state index contributed by atoms with van der Waals surface area (Å²) in [5, 5.41) is 0. The van der Waals surface area contributed by atoms with Crippen molar-refractivity contribution in [3.05, 3.63) is 101 Å². The molecule has 4 aliphatic rings. The van der Waals surface area contributed by atoms with E-state index in [-0.39, 0.29) is 17.9 Å². The van der Waals surface area contributed by atoms with Gasteiger partial charge >= 0.3 is 5.97 Å². The maximum absolute atomic E-state index is 14.2. The van der Waals surface area contributed by atoms with Crippen LogP contribution >= 0.6 is 0 Å². The molecular weight excluding hydrogens is 438 g/mol. The first kappa shape index (κ1) is 21.8. The first-order chi connectivity index (χ1) is 16.7. The second-order valence-electron chi connectivity index (χ2n) is 10.5. The van der Waals surface area contributed by atoms with Gasteiger partial charge in [0, 0.05) is 10.8 Å². The minimum atomic E-state index is -0.634. The van der Waals surface area contributed by atoms with Gasteiger partial charge < -0.3 is 4.74 Å². The van der Waals surface area contributed by atoms with E-state index in [1.54, 1.807) is 38.1 Å². The van der Waals surface area contributed by atoms with Crippen LogP contribution in [-0.4, -0.2) is 23.9 Å². The molecule has 1 aliphatic heterocycles. The van der Waals surface area contributed by atoms with Crippen molar-refractivity contribution >= 4 is 23.5 Å². The van der Waals surface area contributed by atoms with Crippen LogP contribution < -0.4 is 4.90 Å². The molecule has 0 aromatic heterocycles. The first-order valence-electron chi connectivity index (χ1n) is 12.1. The molecule has 1 fully saturated rings. The summed E-state index contributed by atoms with van der Waals surface area (Å²) in [7, 11) is 0. The lowest BCUT2D eigenvalue weighted by molar-refractivity contribution is -0.124. The van der Waals surface area contributed by atoms with Crippen molar-refractivity contribution in [2.24, 2.45) is 11.8 Å². The Morgan fingerprint density at radius 3 is 1.66 bits per heavy atom. The number of amides is 2. The maximum Gasteiger partial charge on any atom is 0.338 e. The highest BCUT2D eigenvalue weighted by atomic mass is 16.5. The highest BCUT2D eigenvalue weighted by molar-refractivity contribution is 6.24. The number of benzene rings is 3. The molecule has 7 rings (SSSR count). The van der Waals surface area contributed by atoms with Crippen LogP contribution in [0.2, 0.25) is 0 Å². The van der Waals surface area contributed by atoms with E-state index in [2.05, 4.69) is 38.1 Å². The average Bonchev–Trinajstić information content (AvgIpc) is 3.13. The fraction of sp³-hybridized carbons (Fsp3) is 0.300. The van der Waals surface area contributed by atoms with Crippen LogP contribution in [0.4, 0.5) is 5.69 Å². The highest BCUT2D eigenvalue weighted by Crippen LogP contribution is 2.66. The van der Waals surface area contributed by atoms with Crippen molar-refractivity contribution in [3.63, 3.8) is 0 Å². The number of nitrogens with zero attached hydrogens (tertiary/aromatic N) is 1. The number of anilines is 1. The topological polar surface area (TPSA) is 63.7 Å². The summed E-state index contributed by atoms with van der Waals surface area (Å²) in [6.07, 6.45) is -0.267. The van der Waals surface area contributed by atoms with Crippen molar-refractivity contribution in [1.29, 1.82) is 0 Å². The molecule has 3 aromatic rings.